The van der Waals surface area contributed by atoms with Crippen LogP contribution in [0.15, 0.2) is 42.5 Å². The van der Waals surface area contributed by atoms with Crippen LogP contribution in [0.2, 0.25) is 0 Å². The van der Waals surface area contributed by atoms with Gasteiger partial charge in [0.2, 0.25) is 0 Å². The minimum absolute atomic E-state index is 0.0693. The summed E-state index contributed by atoms with van der Waals surface area (Å²) in [6.07, 6.45) is 2.12. The van der Waals surface area contributed by atoms with E-state index in [0.29, 0.717) is 36.3 Å². The average Bonchev–Trinajstić information content (AvgIpc) is 2.86. The van der Waals surface area contributed by atoms with Crippen LogP contribution in [0.1, 0.15) is 35.7 Å². The highest BCUT2D eigenvalue weighted by Crippen LogP contribution is 2.28. The first-order valence-corrected chi connectivity index (χ1v) is 11.5. The Kier molecular flexibility index (Phi) is 9.73. The van der Waals surface area contributed by atoms with E-state index in [4.69, 9.17) is 18.9 Å². The van der Waals surface area contributed by atoms with E-state index < -0.39 is 0 Å². The summed E-state index contributed by atoms with van der Waals surface area (Å²) in [6.45, 7) is 4.78. The van der Waals surface area contributed by atoms with Gasteiger partial charge >= 0.3 is 0 Å². The molecule has 2 aromatic rings. The van der Waals surface area contributed by atoms with E-state index in [0.717, 1.165) is 43.9 Å². The second kappa shape index (κ2) is 13.0. The lowest BCUT2D eigenvalue weighted by molar-refractivity contribution is -0.123. The van der Waals surface area contributed by atoms with Crippen molar-refractivity contribution >= 4 is 11.7 Å². The second-order valence-electron chi connectivity index (χ2n) is 8.31. The summed E-state index contributed by atoms with van der Waals surface area (Å²) in [6, 6.07) is 13.1. The fraction of sp³-hybridized carbons (Fsp3) is 0.462. The Bertz CT molecular complexity index is 958. The monoisotopic (exact) mass is 470 g/mol. The van der Waals surface area contributed by atoms with E-state index in [-0.39, 0.29) is 18.3 Å². The molecule has 1 aliphatic heterocycles. The van der Waals surface area contributed by atoms with Gasteiger partial charge in [0.25, 0.3) is 5.91 Å². The summed E-state index contributed by atoms with van der Waals surface area (Å²) < 4.78 is 22.2. The predicted molar refractivity (Wildman–Crippen MR) is 129 cm³/mol. The summed E-state index contributed by atoms with van der Waals surface area (Å²) >= 11 is 0. The van der Waals surface area contributed by atoms with Gasteiger partial charge < -0.3 is 24.3 Å². The number of benzene rings is 2. The minimum atomic E-state index is -0.262. The number of methoxy groups -OCH3 is 1. The molecule has 0 saturated carbocycles. The Labute approximate surface area is 201 Å². The first-order valence-electron chi connectivity index (χ1n) is 11.5. The molecule has 1 N–H and O–H groups in total. The van der Waals surface area contributed by atoms with Gasteiger partial charge in [-0.15, -0.1) is 0 Å². The fourth-order valence-corrected chi connectivity index (χ4v) is 3.76. The number of ether oxygens (including phenoxy) is 4. The molecule has 1 amide bonds. The maximum absolute atomic E-state index is 12.3. The molecule has 1 aliphatic rings. The van der Waals surface area contributed by atoms with Gasteiger partial charge in [0.15, 0.2) is 23.9 Å². The SMILES string of the molecule is COc1cc(C(C)=O)ccc1OCC(=O)NCc1cccc(OCCN(C)C2CCOCC2)c1. The van der Waals surface area contributed by atoms with Gasteiger partial charge in [-0.2, -0.15) is 0 Å². The first-order chi connectivity index (χ1) is 16.5. The number of amides is 1. The molecule has 1 fully saturated rings. The van der Waals surface area contributed by atoms with Crippen LogP contribution in [0.25, 0.3) is 0 Å². The number of nitrogens with zero attached hydrogens (tertiary/aromatic N) is 1. The molecular weight excluding hydrogens is 436 g/mol. The maximum atomic E-state index is 12.3. The molecule has 0 aromatic heterocycles. The number of hydrogen-bond donors (Lipinski definition) is 1. The number of hydrogen-bond acceptors (Lipinski definition) is 7. The second-order valence-corrected chi connectivity index (χ2v) is 8.31. The molecule has 1 saturated heterocycles. The number of carbonyl (C=O) groups excluding carboxylic acids is 2. The summed E-state index contributed by atoms with van der Waals surface area (Å²) in [5.41, 5.74) is 1.46. The Morgan fingerprint density at radius 1 is 1.09 bits per heavy atom. The normalized spacial score (nSPS) is 14.0. The van der Waals surface area contributed by atoms with E-state index in [1.165, 1.54) is 14.0 Å². The van der Waals surface area contributed by atoms with Crippen LogP contribution in [0, 0.1) is 0 Å². The number of ketones is 1. The fourth-order valence-electron chi connectivity index (χ4n) is 3.76. The molecule has 8 nitrogen and oxygen atoms in total. The van der Waals surface area contributed by atoms with E-state index in [1.54, 1.807) is 18.2 Å². The van der Waals surface area contributed by atoms with Gasteiger partial charge in [-0.3, -0.25) is 14.5 Å². The van der Waals surface area contributed by atoms with Crippen molar-refractivity contribution in [2.75, 3.05) is 47.1 Å². The third-order valence-corrected chi connectivity index (χ3v) is 5.84. The van der Waals surface area contributed by atoms with Crippen molar-refractivity contribution in [3.63, 3.8) is 0 Å². The van der Waals surface area contributed by atoms with Crippen molar-refractivity contribution in [1.82, 2.24) is 10.2 Å². The van der Waals surface area contributed by atoms with Crippen LogP contribution in [0.3, 0.4) is 0 Å². The van der Waals surface area contributed by atoms with Crippen molar-refractivity contribution in [2.45, 2.75) is 32.4 Å². The standard InChI is InChI=1S/C26H34N2O6/c1-19(29)21-7-8-24(25(16-21)31-3)34-18-26(30)27-17-20-5-4-6-23(15-20)33-14-11-28(2)22-9-12-32-13-10-22/h4-8,15-16,22H,9-14,17-18H2,1-3H3,(H,27,30). The van der Waals surface area contributed by atoms with Gasteiger partial charge in [-0.25, -0.2) is 0 Å². The molecule has 8 heteroatoms. The number of likely N-dealkylation sites (N-methyl/N-ethyl adjacent to an activating group) is 1. The first kappa shape index (κ1) is 25.5. The summed E-state index contributed by atoms with van der Waals surface area (Å²) in [4.78, 5) is 26.1. The number of Topliss-reactive ketones (excluding diaryl/α,β-unsaturated/α-hetero) is 1. The highest BCUT2D eigenvalue weighted by Gasteiger charge is 2.18. The topological polar surface area (TPSA) is 86.3 Å². The maximum Gasteiger partial charge on any atom is 0.258 e. The summed E-state index contributed by atoms with van der Waals surface area (Å²) in [5.74, 6) is 1.26. The van der Waals surface area contributed by atoms with Crippen LogP contribution in [0.4, 0.5) is 0 Å². The average molecular weight is 471 g/mol. The molecule has 0 radical (unpaired) electrons. The number of nitrogens with one attached hydrogen (secondary N) is 1. The number of carbonyl (C=O) groups is 2. The molecule has 3 rings (SSSR count). The Balaban J connectivity index is 1.41. The molecule has 184 valence electrons. The Morgan fingerprint density at radius 3 is 2.62 bits per heavy atom. The van der Waals surface area contributed by atoms with E-state index in [1.807, 2.05) is 24.3 Å². The van der Waals surface area contributed by atoms with Crippen LogP contribution in [-0.4, -0.2) is 69.8 Å². The van der Waals surface area contributed by atoms with Gasteiger partial charge in [-0.05, 0) is 62.7 Å². The van der Waals surface area contributed by atoms with Gasteiger partial charge in [-0.1, -0.05) is 12.1 Å². The summed E-state index contributed by atoms with van der Waals surface area (Å²) in [5, 5.41) is 2.85. The molecule has 0 aliphatic carbocycles. The Hall–Kier alpha value is -3.10. The predicted octanol–water partition coefficient (Wildman–Crippen LogP) is 3.08. The molecule has 0 atom stereocenters. The van der Waals surface area contributed by atoms with Gasteiger partial charge in [0.05, 0.1) is 7.11 Å². The molecule has 1 heterocycles. The lowest BCUT2D eigenvalue weighted by Crippen LogP contribution is -2.38. The van der Waals surface area contributed by atoms with Crippen molar-refractivity contribution < 1.29 is 28.5 Å². The minimum Gasteiger partial charge on any atom is -0.493 e. The van der Waals surface area contributed by atoms with Gasteiger partial charge in [0.1, 0.15) is 12.4 Å². The molecular formula is C26H34N2O6. The van der Waals surface area contributed by atoms with Crippen LogP contribution >= 0.6 is 0 Å². The third kappa shape index (κ3) is 7.74. The molecule has 0 bridgehead atoms. The molecule has 2 aromatic carbocycles. The zero-order valence-electron chi connectivity index (χ0n) is 20.2. The van der Waals surface area contributed by atoms with Crippen molar-refractivity contribution in [3.05, 3.63) is 53.6 Å². The lowest BCUT2D eigenvalue weighted by Gasteiger charge is -2.31. The molecule has 34 heavy (non-hydrogen) atoms. The van der Waals surface area contributed by atoms with E-state index in [2.05, 4.69) is 17.3 Å². The quantitative estimate of drug-likeness (QED) is 0.477. The van der Waals surface area contributed by atoms with Crippen molar-refractivity contribution in [1.29, 1.82) is 0 Å². The highest BCUT2D eigenvalue weighted by atomic mass is 16.5. The molecule has 0 spiro atoms. The van der Waals surface area contributed by atoms with Crippen molar-refractivity contribution in [3.8, 4) is 17.2 Å². The summed E-state index contributed by atoms with van der Waals surface area (Å²) in [7, 11) is 3.62. The smallest absolute Gasteiger partial charge is 0.258 e. The third-order valence-electron chi connectivity index (χ3n) is 5.84. The zero-order valence-corrected chi connectivity index (χ0v) is 20.2. The Morgan fingerprint density at radius 2 is 1.88 bits per heavy atom. The lowest BCUT2D eigenvalue weighted by atomic mass is 10.1. The van der Waals surface area contributed by atoms with Crippen molar-refractivity contribution in [2.24, 2.45) is 0 Å². The zero-order chi connectivity index (χ0) is 24.3. The van der Waals surface area contributed by atoms with E-state index in [9.17, 15) is 9.59 Å². The highest BCUT2D eigenvalue weighted by molar-refractivity contribution is 5.94. The number of rotatable bonds is 12. The van der Waals surface area contributed by atoms with Gasteiger partial charge in [0, 0.05) is 37.9 Å². The largest absolute Gasteiger partial charge is 0.493 e. The molecule has 0 unspecified atom stereocenters. The van der Waals surface area contributed by atoms with E-state index >= 15 is 0 Å². The van der Waals surface area contributed by atoms with Crippen LogP contribution < -0.4 is 19.5 Å². The van der Waals surface area contributed by atoms with Crippen LogP contribution in [-0.2, 0) is 16.1 Å². The van der Waals surface area contributed by atoms with Crippen LogP contribution in [0.5, 0.6) is 17.2 Å².